The number of hydrogen-bond acceptors (Lipinski definition) is 3. The van der Waals surface area contributed by atoms with Crippen molar-refractivity contribution in [3.8, 4) is 0 Å². The Hall–Kier alpha value is -2.43. The molecule has 2 aliphatic rings. The van der Waals surface area contributed by atoms with Gasteiger partial charge in [0, 0.05) is 39.3 Å². The van der Waals surface area contributed by atoms with Crippen LogP contribution in [0.15, 0.2) is 60.7 Å². The van der Waals surface area contributed by atoms with Gasteiger partial charge in [-0.15, -0.1) is 0 Å². The van der Waals surface area contributed by atoms with Crippen molar-refractivity contribution in [2.45, 2.75) is 19.0 Å². The Bertz CT molecular complexity index is 825. The van der Waals surface area contributed by atoms with Crippen LogP contribution < -0.4 is 0 Å². The highest BCUT2D eigenvalue weighted by Gasteiger charge is 2.33. The minimum Gasteiger partial charge on any atom is -0.339 e. The molecule has 146 valence electrons. The number of carbonyl (C=O) groups excluding carboxylic acids is 1. The van der Waals surface area contributed by atoms with Gasteiger partial charge in [-0.1, -0.05) is 66.7 Å². The Morgan fingerprint density at radius 3 is 2.39 bits per heavy atom. The summed E-state index contributed by atoms with van der Waals surface area (Å²) in [6, 6.07) is 18.9. The third-order valence-corrected chi connectivity index (χ3v) is 5.93. The lowest BCUT2D eigenvalue weighted by Crippen LogP contribution is -2.55. The number of rotatable bonds is 4. The first-order valence-corrected chi connectivity index (χ1v) is 10.2. The molecule has 0 unspecified atom stereocenters. The fourth-order valence-corrected chi connectivity index (χ4v) is 4.19. The SMILES string of the molecule is CN1Cc2ccccc2C[C@H]1C(=O)N1CCN(C/C=C/c2ccccc2)CC1. The highest BCUT2D eigenvalue weighted by molar-refractivity contribution is 5.82. The number of piperazine rings is 1. The summed E-state index contributed by atoms with van der Waals surface area (Å²) in [5.74, 6) is 0.288. The van der Waals surface area contributed by atoms with E-state index in [1.165, 1.54) is 16.7 Å². The van der Waals surface area contributed by atoms with E-state index in [1.54, 1.807) is 0 Å². The van der Waals surface area contributed by atoms with Gasteiger partial charge in [0.25, 0.3) is 0 Å². The Balaban J connectivity index is 1.29. The molecule has 1 amide bonds. The molecule has 2 aromatic carbocycles. The number of likely N-dealkylation sites (N-methyl/N-ethyl adjacent to an activating group) is 1. The molecule has 0 aliphatic carbocycles. The molecule has 1 atom stereocenters. The molecule has 0 bridgehead atoms. The van der Waals surface area contributed by atoms with E-state index in [1.807, 2.05) is 6.07 Å². The summed E-state index contributed by atoms with van der Waals surface area (Å²) in [4.78, 5) is 19.8. The molecule has 0 radical (unpaired) electrons. The third kappa shape index (κ3) is 4.34. The minimum atomic E-state index is -0.0283. The molecule has 0 N–H and O–H groups in total. The highest BCUT2D eigenvalue weighted by atomic mass is 16.2. The molecule has 4 rings (SSSR count). The van der Waals surface area contributed by atoms with Crippen molar-refractivity contribution in [1.82, 2.24) is 14.7 Å². The van der Waals surface area contributed by atoms with E-state index in [0.29, 0.717) is 0 Å². The first-order valence-electron chi connectivity index (χ1n) is 10.2. The zero-order valence-electron chi connectivity index (χ0n) is 16.6. The molecule has 2 heterocycles. The van der Waals surface area contributed by atoms with Gasteiger partial charge < -0.3 is 4.90 Å². The highest BCUT2D eigenvalue weighted by Crippen LogP contribution is 2.23. The molecule has 28 heavy (non-hydrogen) atoms. The molecule has 4 heteroatoms. The van der Waals surface area contributed by atoms with Crippen LogP contribution >= 0.6 is 0 Å². The van der Waals surface area contributed by atoms with E-state index >= 15 is 0 Å². The smallest absolute Gasteiger partial charge is 0.240 e. The van der Waals surface area contributed by atoms with Gasteiger partial charge in [-0.3, -0.25) is 14.6 Å². The topological polar surface area (TPSA) is 26.8 Å². The van der Waals surface area contributed by atoms with Gasteiger partial charge in [-0.05, 0) is 30.2 Å². The summed E-state index contributed by atoms with van der Waals surface area (Å²) in [5.41, 5.74) is 3.91. The van der Waals surface area contributed by atoms with Crippen LogP contribution in [0.2, 0.25) is 0 Å². The fraction of sp³-hybridized carbons (Fsp3) is 0.375. The maximum atomic E-state index is 13.1. The third-order valence-electron chi connectivity index (χ3n) is 5.93. The van der Waals surface area contributed by atoms with E-state index in [0.717, 1.165) is 45.7 Å². The van der Waals surface area contributed by atoms with E-state index < -0.39 is 0 Å². The first-order chi connectivity index (χ1) is 13.7. The lowest BCUT2D eigenvalue weighted by molar-refractivity contribution is -0.138. The van der Waals surface area contributed by atoms with Gasteiger partial charge in [0.05, 0.1) is 6.04 Å². The largest absolute Gasteiger partial charge is 0.339 e. The minimum absolute atomic E-state index is 0.0283. The molecule has 4 nitrogen and oxygen atoms in total. The summed E-state index contributed by atoms with van der Waals surface area (Å²) in [6.45, 7) is 5.33. The zero-order chi connectivity index (χ0) is 19.3. The maximum absolute atomic E-state index is 13.1. The number of hydrogen-bond donors (Lipinski definition) is 0. The van der Waals surface area contributed by atoms with E-state index in [-0.39, 0.29) is 11.9 Å². The summed E-state index contributed by atoms with van der Waals surface area (Å²) < 4.78 is 0. The Labute approximate surface area is 168 Å². The maximum Gasteiger partial charge on any atom is 0.240 e. The number of amides is 1. The normalized spacial score (nSPS) is 21.0. The summed E-state index contributed by atoms with van der Waals surface area (Å²) >= 11 is 0. The second-order valence-corrected chi connectivity index (χ2v) is 7.84. The van der Waals surface area contributed by atoms with Crippen molar-refractivity contribution in [2.24, 2.45) is 0 Å². The molecule has 2 aliphatic heterocycles. The van der Waals surface area contributed by atoms with E-state index in [4.69, 9.17) is 0 Å². The van der Waals surface area contributed by atoms with Gasteiger partial charge in [0.1, 0.15) is 0 Å². The van der Waals surface area contributed by atoms with Crippen LogP contribution in [0.3, 0.4) is 0 Å². The quantitative estimate of drug-likeness (QED) is 0.822. The standard InChI is InChI=1S/C24H29N3O/c1-25-19-22-12-6-5-11-21(22)18-23(25)24(28)27-16-14-26(15-17-27)13-7-10-20-8-3-2-4-9-20/h2-12,23H,13-19H2,1H3/b10-7+/t23-/m0/s1. The molecule has 0 aromatic heterocycles. The number of carbonyl (C=O) groups is 1. The molecule has 2 aromatic rings. The number of fused-ring (bicyclic) bond motifs is 1. The molecule has 0 spiro atoms. The van der Waals surface area contributed by atoms with Gasteiger partial charge in [-0.25, -0.2) is 0 Å². The van der Waals surface area contributed by atoms with Crippen molar-refractivity contribution in [2.75, 3.05) is 39.8 Å². The lowest BCUT2D eigenvalue weighted by Gasteiger charge is -2.40. The second-order valence-electron chi connectivity index (χ2n) is 7.84. The average molecular weight is 376 g/mol. The molecular formula is C24H29N3O. The van der Waals surface area contributed by atoms with Crippen LogP contribution in [0.4, 0.5) is 0 Å². The molecule has 1 saturated heterocycles. The van der Waals surface area contributed by atoms with Crippen molar-refractivity contribution < 1.29 is 4.79 Å². The predicted molar refractivity (Wildman–Crippen MR) is 114 cm³/mol. The second kappa shape index (κ2) is 8.72. The summed E-state index contributed by atoms with van der Waals surface area (Å²) in [5, 5.41) is 0. The van der Waals surface area contributed by atoms with Crippen LogP contribution in [0.25, 0.3) is 6.08 Å². The van der Waals surface area contributed by atoms with E-state index in [2.05, 4.69) is 82.4 Å². The van der Waals surface area contributed by atoms with Gasteiger partial charge >= 0.3 is 0 Å². The van der Waals surface area contributed by atoms with Crippen LogP contribution in [0, 0.1) is 0 Å². The molecule has 1 fully saturated rings. The van der Waals surface area contributed by atoms with Crippen LogP contribution in [0.5, 0.6) is 0 Å². The van der Waals surface area contributed by atoms with Gasteiger partial charge in [-0.2, -0.15) is 0 Å². The van der Waals surface area contributed by atoms with Gasteiger partial charge in [0.15, 0.2) is 0 Å². The zero-order valence-corrected chi connectivity index (χ0v) is 16.6. The number of nitrogens with zero attached hydrogens (tertiary/aromatic N) is 3. The predicted octanol–water partition coefficient (Wildman–Crippen LogP) is 2.90. The van der Waals surface area contributed by atoms with Crippen LogP contribution in [0.1, 0.15) is 16.7 Å². The van der Waals surface area contributed by atoms with Crippen molar-refractivity contribution in [1.29, 1.82) is 0 Å². The monoisotopic (exact) mass is 375 g/mol. The van der Waals surface area contributed by atoms with Crippen molar-refractivity contribution in [3.63, 3.8) is 0 Å². The van der Waals surface area contributed by atoms with Crippen molar-refractivity contribution in [3.05, 3.63) is 77.4 Å². The lowest BCUT2D eigenvalue weighted by atomic mass is 9.93. The van der Waals surface area contributed by atoms with Crippen LogP contribution in [-0.2, 0) is 17.8 Å². The summed E-state index contributed by atoms with van der Waals surface area (Å²) in [6.07, 6.45) is 5.22. The Kier molecular flexibility index (Phi) is 5.89. The Morgan fingerprint density at radius 2 is 1.64 bits per heavy atom. The van der Waals surface area contributed by atoms with Gasteiger partial charge in [0.2, 0.25) is 5.91 Å². The average Bonchev–Trinajstić information content (AvgIpc) is 2.74. The first kappa shape index (κ1) is 18.9. The fourth-order valence-electron chi connectivity index (χ4n) is 4.19. The Morgan fingerprint density at radius 1 is 0.964 bits per heavy atom. The summed E-state index contributed by atoms with van der Waals surface area (Å²) in [7, 11) is 2.07. The number of benzene rings is 2. The van der Waals surface area contributed by atoms with Crippen LogP contribution in [-0.4, -0.2) is 66.4 Å². The molecular weight excluding hydrogens is 346 g/mol. The molecule has 0 saturated carbocycles. The van der Waals surface area contributed by atoms with Crippen molar-refractivity contribution >= 4 is 12.0 Å². The van der Waals surface area contributed by atoms with E-state index in [9.17, 15) is 4.79 Å².